The number of carbonyl (C=O) groups excluding carboxylic acids is 1. The van der Waals surface area contributed by atoms with Crippen LogP contribution in [0.2, 0.25) is 0 Å². The summed E-state index contributed by atoms with van der Waals surface area (Å²) < 4.78 is 5.09. The Bertz CT molecular complexity index is 1150. The molecule has 3 N–H and O–H groups in total. The van der Waals surface area contributed by atoms with Gasteiger partial charge in [-0.3, -0.25) is 4.79 Å². The number of halogens is 1. The smallest absolute Gasteiger partial charge is 0.256 e. The lowest BCUT2D eigenvalue weighted by atomic mass is 9.85. The molecule has 11 heteroatoms. The third-order valence-corrected chi connectivity index (χ3v) is 6.58. The number of rotatable bonds is 8. The van der Waals surface area contributed by atoms with Crippen molar-refractivity contribution >= 4 is 28.9 Å². The number of hydrogen-bond donors (Lipinski definition) is 3. The largest absolute Gasteiger partial charge is 0.385 e. The van der Waals surface area contributed by atoms with E-state index < -0.39 is 11.2 Å². The molecule has 0 saturated heterocycles. The third kappa shape index (κ3) is 3.72. The predicted molar refractivity (Wildman–Crippen MR) is 127 cm³/mol. The quantitative estimate of drug-likeness (QED) is 0.387. The second-order valence-corrected chi connectivity index (χ2v) is 8.96. The topological polar surface area (TPSA) is 117 Å². The highest BCUT2D eigenvalue weighted by molar-refractivity contribution is 6.34. The number of anilines is 2. The van der Waals surface area contributed by atoms with Gasteiger partial charge in [0.05, 0.1) is 28.0 Å². The van der Waals surface area contributed by atoms with Gasteiger partial charge in [-0.1, -0.05) is 16.8 Å². The Morgan fingerprint density at radius 3 is 2.94 bits per heavy atom. The minimum absolute atomic E-state index is 0.136. The summed E-state index contributed by atoms with van der Waals surface area (Å²) in [5.41, 5.74) is 2.87. The molecule has 1 amide bonds. The van der Waals surface area contributed by atoms with Crippen LogP contribution in [0.25, 0.3) is 0 Å². The Morgan fingerprint density at radius 2 is 2.26 bits per heavy atom. The monoisotopic (exact) mass is 480 g/mol. The summed E-state index contributed by atoms with van der Waals surface area (Å²) in [6.45, 7) is 1.27. The molecule has 34 heavy (non-hydrogen) atoms. The van der Waals surface area contributed by atoms with E-state index in [0.717, 1.165) is 24.9 Å². The van der Waals surface area contributed by atoms with Gasteiger partial charge in [0, 0.05) is 38.7 Å². The number of methoxy groups -OCH3 is 1. The van der Waals surface area contributed by atoms with Gasteiger partial charge in [-0.25, -0.2) is 5.43 Å². The molecule has 0 radical (unpaired) electrons. The Morgan fingerprint density at radius 1 is 1.41 bits per heavy atom. The normalized spacial score (nSPS) is 26.4. The van der Waals surface area contributed by atoms with Crippen molar-refractivity contribution in [3.63, 3.8) is 0 Å². The molecule has 1 spiro atoms. The molecule has 10 nitrogen and oxygen atoms in total. The van der Waals surface area contributed by atoms with Gasteiger partial charge < -0.3 is 20.3 Å². The maximum atomic E-state index is 13.7. The summed E-state index contributed by atoms with van der Waals surface area (Å²) in [6.07, 6.45) is 11.5. The van der Waals surface area contributed by atoms with E-state index in [2.05, 4.69) is 32.5 Å². The van der Waals surface area contributed by atoms with Crippen molar-refractivity contribution in [2.45, 2.75) is 36.5 Å². The van der Waals surface area contributed by atoms with Crippen molar-refractivity contribution in [3.05, 3.63) is 59.4 Å². The van der Waals surface area contributed by atoms with Crippen LogP contribution in [-0.4, -0.2) is 48.5 Å². The summed E-state index contributed by atoms with van der Waals surface area (Å²) in [7, 11) is 1.66. The SMILES string of the molecule is COCCCNN1N=NC12C=CC(C(=O)NC1CC1)(N1C=CNc3ccc(C#N)cc31)C(Cl)=C2. The van der Waals surface area contributed by atoms with E-state index >= 15 is 0 Å². The predicted octanol–water partition coefficient (Wildman–Crippen LogP) is 2.89. The summed E-state index contributed by atoms with van der Waals surface area (Å²) in [5.74, 6) is -0.238. The van der Waals surface area contributed by atoms with Crippen LogP contribution < -0.4 is 21.0 Å². The fourth-order valence-electron chi connectivity index (χ4n) is 4.14. The molecule has 5 rings (SSSR count). The van der Waals surface area contributed by atoms with Crippen LogP contribution in [-0.2, 0) is 9.53 Å². The van der Waals surface area contributed by atoms with Crippen molar-refractivity contribution in [1.29, 1.82) is 5.26 Å². The highest BCUT2D eigenvalue weighted by atomic mass is 35.5. The van der Waals surface area contributed by atoms with Crippen molar-refractivity contribution in [3.8, 4) is 6.07 Å². The number of benzene rings is 1. The minimum Gasteiger partial charge on any atom is -0.385 e. The molecule has 1 aromatic carbocycles. The van der Waals surface area contributed by atoms with Gasteiger partial charge in [0.15, 0.2) is 5.54 Å². The second-order valence-electron chi connectivity index (χ2n) is 8.55. The van der Waals surface area contributed by atoms with E-state index in [1.165, 1.54) is 0 Å². The standard InChI is InChI=1S/C23H25ClN8O2/c1-34-12-2-9-27-32-22(29-30-32)7-8-23(20(24)14-22,21(33)28-17-4-5-17)31-11-10-26-18-6-3-16(15-25)13-19(18)31/h3,6-8,10-11,13-14,17,26-27H,2,4-5,9,12H2,1H3,(H,28,33). The van der Waals surface area contributed by atoms with Gasteiger partial charge in [0.25, 0.3) is 5.91 Å². The van der Waals surface area contributed by atoms with E-state index in [1.807, 2.05) is 12.1 Å². The van der Waals surface area contributed by atoms with Crippen LogP contribution in [0.15, 0.2) is 64.2 Å². The molecule has 176 valence electrons. The number of hydrogen-bond acceptors (Lipinski definition) is 9. The Hall–Kier alpha value is -3.39. The number of nitrogens with zero attached hydrogens (tertiary/aromatic N) is 5. The molecule has 1 saturated carbocycles. The fourth-order valence-corrected chi connectivity index (χ4v) is 4.54. The van der Waals surface area contributed by atoms with E-state index in [-0.39, 0.29) is 17.0 Å². The number of amides is 1. The van der Waals surface area contributed by atoms with Crippen molar-refractivity contribution < 1.29 is 9.53 Å². The van der Waals surface area contributed by atoms with Gasteiger partial charge in [0.1, 0.15) is 0 Å². The molecule has 2 unspecified atom stereocenters. The molecule has 1 aromatic rings. The van der Waals surface area contributed by atoms with Gasteiger partial charge in [-0.2, -0.15) is 10.4 Å². The van der Waals surface area contributed by atoms with Crippen LogP contribution >= 0.6 is 11.6 Å². The van der Waals surface area contributed by atoms with Crippen molar-refractivity contribution in [2.75, 3.05) is 30.5 Å². The van der Waals surface area contributed by atoms with E-state index in [9.17, 15) is 10.1 Å². The number of nitriles is 1. The second kappa shape index (κ2) is 8.76. The van der Waals surface area contributed by atoms with Crippen LogP contribution in [0.3, 0.4) is 0 Å². The van der Waals surface area contributed by atoms with E-state index in [4.69, 9.17) is 16.3 Å². The molecule has 2 atom stereocenters. The molecule has 4 aliphatic rings. The first-order chi connectivity index (χ1) is 16.5. The first-order valence-electron chi connectivity index (χ1n) is 11.1. The third-order valence-electron chi connectivity index (χ3n) is 6.18. The number of ether oxygens (including phenoxy) is 1. The van der Waals surface area contributed by atoms with E-state index in [1.54, 1.807) is 53.8 Å². The molecule has 2 heterocycles. The maximum Gasteiger partial charge on any atom is 0.256 e. The lowest BCUT2D eigenvalue weighted by Gasteiger charge is -2.47. The number of fused-ring (bicyclic) bond motifs is 1. The Labute approximate surface area is 202 Å². The maximum absolute atomic E-state index is 13.7. The lowest BCUT2D eigenvalue weighted by Crippen LogP contribution is -2.62. The zero-order chi connectivity index (χ0) is 23.8. The first-order valence-corrected chi connectivity index (χ1v) is 11.5. The van der Waals surface area contributed by atoms with Crippen LogP contribution in [0, 0.1) is 11.3 Å². The molecule has 1 fully saturated rings. The molecule has 0 bridgehead atoms. The zero-order valence-corrected chi connectivity index (χ0v) is 19.4. The Balaban J connectivity index is 1.51. The number of nitrogens with one attached hydrogen (secondary N) is 3. The van der Waals surface area contributed by atoms with Gasteiger partial charge >= 0.3 is 0 Å². The van der Waals surface area contributed by atoms with Crippen LogP contribution in [0.1, 0.15) is 24.8 Å². The molecular formula is C23H25ClN8O2. The van der Waals surface area contributed by atoms with Crippen molar-refractivity contribution in [1.82, 2.24) is 15.9 Å². The van der Waals surface area contributed by atoms with Crippen molar-refractivity contribution in [2.24, 2.45) is 10.3 Å². The van der Waals surface area contributed by atoms with Crippen LogP contribution in [0.5, 0.6) is 0 Å². The average molecular weight is 481 g/mol. The van der Waals surface area contributed by atoms with E-state index in [0.29, 0.717) is 24.4 Å². The van der Waals surface area contributed by atoms with Gasteiger partial charge in [-0.05, 0) is 55.7 Å². The number of hydrazine groups is 1. The molecule has 2 aliphatic heterocycles. The summed E-state index contributed by atoms with van der Waals surface area (Å²) >= 11 is 6.97. The highest BCUT2D eigenvalue weighted by Crippen LogP contribution is 2.46. The van der Waals surface area contributed by atoms with Gasteiger partial charge in [0.2, 0.25) is 5.66 Å². The molecule has 0 aromatic heterocycles. The lowest BCUT2D eigenvalue weighted by molar-refractivity contribution is -0.123. The molecular weight excluding hydrogens is 456 g/mol. The highest BCUT2D eigenvalue weighted by Gasteiger charge is 2.54. The Kier molecular flexibility index (Phi) is 5.77. The minimum atomic E-state index is -1.34. The summed E-state index contributed by atoms with van der Waals surface area (Å²) in [6, 6.07) is 7.59. The first kappa shape index (κ1) is 22.4. The number of carbonyl (C=O) groups is 1. The zero-order valence-electron chi connectivity index (χ0n) is 18.7. The van der Waals surface area contributed by atoms with Crippen LogP contribution in [0.4, 0.5) is 11.4 Å². The summed E-state index contributed by atoms with van der Waals surface area (Å²) in [5, 5.41) is 26.0. The van der Waals surface area contributed by atoms with Gasteiger partial charge in [-0.15, -0.1) is 5.11 Å². The fraction of sp³-hybridized carbons (Fsp3) is 0.391. The summed E-state index contributed by atoms with van der Waals surface area (Å²) in [4.78, 5) is 15.5. The molecule has 2 aliphatic carbocycles. The average Bonchev–Trinajstić information content (AvgIpc) is 3.66.